The highest BCUT2D eigenvalue weighted by Gasteiger charge is 2.10. The lowest BCUT2D eigenvalue weighted by Crippen LogP contribution is -2.68. The van der Waals surface area contributed by atoms with Crippen LogP contribution in [0, 0.1) is 10.2 Å². The molecule has 0 unspecified atom stereocenters. The third kappa shape index (κ3) is 11.8. The van der Waals surface area contributed by atoms with Gasteiger partial charge in [-0.15, -0.1) is 10.2 Å². The van der Waals surface area contributed by atoms with E-state index < -0.39 is 10.2 Å². The molecule has 0 saturated heterocycles. The zero-order valence-corrected chi connectivity index (χ0v) is 29.7. The van der Waals surface area contributed by atoms with Gasteiger partial charge in [0.1, 0.15) is 14.1 Å². The maximum absolute atomic E-state index is 8.49. The van der Waals surface area contributed by atoms with Gasteiger partial charge in [-0.2, -0.15) is 0 Å². The quantitative estimate of drug-likeness (QED) is 0.255. The fourth-order valence-electron chi connectivity index (χ4n) is 4.84. The first-order chi connectivity index (χ1) is 22.6. The van der Waals surface area contributed by atoms with Crippen LogP contribution < -0.4 is 33.3 Å². The van der Waals surface area contributed by atoms with E-state index in [4.69, 9.17) is 18.6 Å². The summed E-state index contributed by atoms with van der Waals surface area (Å²) in [5.41, 5.74) is 11.9. The largest absolute Gasteiger partial charge is 0.378 e. The minimum atomic E-state index is -4.94. The first-order valence-electron chi connectivity index (χ1n) is 15.3. The van der Waals surface area contributed by atoms with Gasteiger partial charge in [0.25, 0.3) is 0 Å². The average Bonchev–Trinajstić information content (AvgIpc) is 3.04. The lowest BCUT2D eigenvalue weighted by Gasteiger charge is -2.17. The van der Waals surface area contributed by atoms with Crippen molar-refractivity contribution in [3.63, 3.8) is 0 Å². The van der Waals surface area contributed by atoms with Crippen molar-refractivity contribution in [2.24, 2.45) is 0 Å². The second-order valence-electron chi connectivity index (χ2n) is 11.9. The fourth-order valence-corrected chi connectivity index (χ4v) is 4.84. The molecule has 0 bridgehead atoms. The molecule has 0 radical (unpaired) electrons. The van der Waals surface area contributed by atoms with E-state index in [0.29, 0.717) is 0 Å². The molecular formula is C39H45ClN4O4. The van der Waals surface area contributed by atoms with Gasteiger partial charge in [-0.3, -0.25) is 0 Å². The molecule has 0 N–H and O–H groups in total. The Hall–Kier alpha value is -4.70. The SMILES string of the molecule is CN(C)c1ccc(C(=C/C=C/C=C/C(=C2C=CC(=[N+](C)C)C=C2)c2ccc(N(C)C)cc2)c2ccc(N(C)C)cc2)cc1.[O-][Cl+3]([O-])([O-])[O-]. The van der Waals surface area contributed by atoms with Gasteiger partial charge < -0.3 is 14.7 Å². The molecule has 1 aliphatic carbocycles. The van der Waals surface area contributed by atoms with Crippen LogP contribution in [0.1, 0.15) is 16.7 Å². The molecule has 252 valence electrons. The number of hydrogen-bond donors (Lipinski definition) is 0. The molecule has 0 atom stereocenters. The van der Waals surface area contributed by atoms with Gasteiger partial charge in [0.05, 0.1) is 0 Å². The number of allylic oxidation sites excluding steroid dienone is 11. The van der Waals surface area contributed by atoms with Crippen LogP contribution >= 0.6 is 0 Å². The molecule has 3 aromatic carbocycles. The molecule has 3 aromatic rings. The molecule has 4 rings (SSSR count). The summed E-state index contributed by atoms with van der Waals surface area (Å²) < 4.78 is 36.1. The highest BCUT2D eigenvalue weighted by Crippen LogP contribution is 2.28. The van der Waals surface area contributed by atoms with E-state index in [1.165, 1.54) is 56.2 Å². The molecule has 0 aromatic heterocycles. The highest BCUT2D eigenvalue weighted by atomic mass is 35.7. The summed E-state index contributed by atoms with van der Waals surface area (Å²) >= 11 is 0. The average molecular weight is 669 g/mol. The van der Waals surface area contributed by atoms with E-state index in [1.54, 1.807) is 0 Å². The molecule has 0 amide bonds. The summed E-state index contributed by atoms with van der Waals surface area (Å²) in [5.74, 6) is 0. The monoisotopic (exact) mass is 668 g/mol. The van der Waals surface area contributed by atoms with Crippen molar-refractivity contribution in [1.82, 2.24) is 0 Å². The normalized spacial score (nSPS) is 12.6. The predicted octanol–water partition coefficient (Wildman–Crippen LogP) is 2.97. The Morgan fingerprint density at radius 2 is 0.917 bits per heavy atom. The van der Waals surface area contributed by atoms with Gasteiger partial charge in [-0.25, -0.2) is 23.2 Å². The zero-order valence-electron chi connectivity index (χ0n) is 28.9. The third-order valence-corrected chi connectivity index (χ3v) is 7.53. The first kappa shape index (κ1) is 37.8. The summed E-state index contributed by atoms with van der Waals surface area (Å²) in [5, 5.41) is 0. The lowest BCUT2D eigenvalue weighted by molar-refractivity contribution is -2.00. The Balaban J connectivity index is 0.00000116. The van der Waals surface area contributed by atoms with Crippen LogP contribution in [-0.4, -0.2) is 66.7 Å². The Bertz CT molecular complexity index is 1640. The number of halogens is 1. The maximum atomic E-state index is 8.49. The maximum Gasteiger partial charge on any atom is 0.199 e. The van der Waals surface area contributed by atoms with Crippen molar-refractivity contribution >= 4 is 33.9 Å². The zero-order chi connectivity index (χ0) is 35.4. The van der Waals surface area contributed by atoms with Crippen LogP contribution in [0.3, 0.4) is 0 Å². The van der Waals surface area contributed by atoms with E-state index in [1.807, 2.05) is 0 Å². The summed E-state index contributed by atoms with van der Waals surface area (Å²) in [6.07, 6.45) is 19.5. The standard InChI is InChI=1S/C39H45N4.ClHO4/c1-40(2)34-22-14-30(15-23-34)38(31-16-24-35(25-17-31)41(3)4)12-10-9-11-13-39(32-18-26-36(27-19-32)42(5)6)33-20-28-37(29-21-33)43(7)8;2-1(3,4)5/h9-29H,1-8H3;(H,2,3,4,5)/q+1;/p-1. The van der Waals surface area contributed by atoms with E-state index in [-0.39, 0.29) is 0 Å². The minimum Gasteiger partial charge on any atom is -0.378 e. The Labute approximate surface area is 287 Å². The van der Waals surface area contributed by atoms with E-state index in [0.717, 1.165) is 0 Å². The van der Waals surface area contributed by atoms with Gasteiger partial charge in [-0.1, -0.05) is 66.8 Å². The molecule has 9 heteroatoms. The summed E-state index contributed by atoms with van der Waals surface area (Å²) in [6, 6.07) is 26.2. The lowest BCUT2D eigenvalue weighted by atomic mass is 9.95. The molecule has 0 heterocycles. The molecule has 0 saturated carbocycles. The molecular weight excluding hydrogens is 624 g/mol. The summed E-state index contributed by atoms with van der Waals surface area (Å²) in [7, 11) is 11.6. The Morgan fingerprint density at radius 1 is 0.542 bits per heavy atom. The second kappa shape index (κ2) is 17.5. The van der Waals surface area contributed by atoms with Crippen molar-refractivity contribution in [3.8, 4) is 0 Å². The van der Waals surface area contributed by atoms with Gasteiger partial charge >= 0.3 is 0 Å². The molecule has 0 spiro atoms. The van der Waals surface area contributed by atoms with Crippen molar-refractivity contribution in [2.75, 3.05) is 71.1 Å². The van der Waals surface area contributed by atoms with E-state index >= 15 is 0 Å². The van der Waals surface area contributed by atoms with Crippen LogP contribution in [0.2, 0.25) is 0 Å². The van der Waals surface area contributed by atoms with Crippen molar-refractivity contribution in [2.45, 2.75) is 0 Å². The molecule has 1 aliphatic rings. The number of nitrogens with zero attached hydrogens (tertiary/aromatic N) is 4. The van der Waals surface area contributed by atoms with Gasteiger partial charge in [0.15, 0.2) is 5.71 Å². The Kier molecular flexibility index (Phi) is 13.7. The van der Waals surface area contributed by atoms with E-state index in [9.17, 15) is 0 Å². The number of rotatable bonds is 9. The summed E-state index contributed by atoms with van der Waals surface area (Å²) in [4.78, 5) is 6.37. The van der Waals surface area contributed by atoms with Crippen LogP contribution in [0.25, 0.3) is 11.1 Å². The Morgan fingerprint density at radius 3 is 1.27 bits per heavy atom. The van der Waals surface area contributed by atoms with Crippen molar-refractivity contribution < 1.29 is 33.5 Å². The van der Waals surface area contributed by atoms with Crippen LogP contribution in [0.5, 0.6) is 0 Å². The molecule has 0 fully saturated rings. The number of hydrogen-bond acceptors (Lipinski definition) is 7. The topological polar surface area (TPSA) is 105 Å². The summed E-state index contributed by atoms with van der Waals surface area (Å²) in [6.45, 7) is 0. The number of anilines is 3. The predicted molar refractivity (Wildman–Crippen MR) is 190 cm³/mol. The number of benzene rings is 3. The van der Waals surface area contributed by atoms with Crippen LogP contribution in [0.4, 0.5) is 17.1 Å². The van der Waals surface area contributed by atoms with Crippen molar-refractivity contribution in [3.05, 3.63) is 150 Å². The van der Waals surface area contributed by atoms with Gasteiger partial charge in [0.2, 0.25) is 0 Å². The molecule has 0 aliphatic heterocycles. The van der Waals surface area contributed by atoms with Crippen molar-refractivity contribution in [1.29, 1.82) is 0 Å². The molecule has 48 heavy (non-hydrogen) atoms. The van der Waals surface area contributed by atoms with Crippen LogP contribution in [-0.2, 0) is 0 Å². The van der Waals surface area contributed by atoms with E-state index in [2.05, 4.69) is 203 Å². The first-order valence-corrected chi connectivity index (χ1v) is 16.5. The highest BCUT2D eigenvalue weighted by molar-refractivity contribution is 6.03. The minimum absolute atomic E-state index is 1.18. The third-order valence-electron chi connectivity index (χ3n) is 7.53. The van der Waals surface area contributed by atoms with Gasteiger partial charge in [-0.05, 0) is 82.0 Å². The smallest absolute Gasteiger partial charge is 0.199 e. The fraction of sp³-hybridized carbons (Fsp3) is 0.205. The second-order valence-corrected chi connectivity index (χ2v) is 12.6. The van der Waals surface area contributed by atoms with Crippen LogP contribution in [0.15, 0.2) is 133 Å². The molecule has 8 nitrogen and oxygen atoms in total. The van der Waals surface area contributed by atoms with Gasteiger partial charge in [0, 0.05) is 71.5 Å².